The van der Waals surface area contributed by atoms with Crippen LogP contribution in [-0.2, 0) is 14.3 Å². The molecule has 2 rings (SSSR count). The number of aldehydes is 1. The molecule has 0 amide bonds. The fourth-order valence-electron chi connectivity index (χ4n) is 3.66. The molecule has 0 bridgehead atoms. The van der Waals surface area contributed by atoms with Crippen molar-refractivity contribution in [2.75, 3.05) is 6.61 Å². The molecule has 4 heteroatoms. The highest BCUT2D eigenvalue weighted by Gasteiger charge is 2.44. The Balaban J connectivity index is 1.97. The Bertz CT molecular complexity index is 433. The summed E-state index contributed by atoms with van der Waals surface area (Å²) in [5.41, 5.74) is 0.634. The minimum absolute atomic E-state index is 0.0227. The second-order valence-corrected chi connectivity index (χ2v) is 7.85. The van der Waals surface area contributed by atoms with Crippen LogP contribution in [0.2, 0.25) is 0 Å². The molecule has 0 aromatic heterocycles. The molecule has 126 valence electrons. The third-order valence-electron chi connectivity index (χ3n) is 5.56. The van der Waals surface area contributed by atoms with Gasteiger partial charge in [-0.2, -0.15) is 0 Å². The summed E-state index contributed by atoms with van der Waals surface area (Å²) < 4.78 is 11.5. The van der Waals surface area contributed by atoms with E-state index < -0.39 is 5.60 Å². The van der Waals surface area contributed by atoms with Crippen molar-refractivity contribution >= 4 is 6.29 Å². The summed E-state index contributed by atoms with van der Waals surface area (Å²) in [6.45, 7) is 10.8. The van der Waals surface area contributed by atoms with E-state index in [2.05, 4.69) is 26.8 Å². The zero-order chi connectivity index (χ0) is 16.5. The van der Waals surface area contributed by atoms with Crippen LogP contribution in [0.1, 0.15) is 53.9 Å². The highest BCUT2D eigenvalue weighted by molar-refractivity contribution is 5.50. The molecule has 1 N–H and O–H groups in total. The standard InChI is InChI=1S/C18H30O4/c1-12(18(4,5)20)15-7-6-13(17(15,2)3)10-16-21-11-14(22-16)8-9-19/h7,9,12-14,16,20H,6,8,10-11H2,1-5H3. The average Bonchev–Trinajstić information content (AvgIpc) is 2.94. The van der Waals surface area contributed by atoms with E-state index in [9.17, 15) is 9.90 Å². The first-order chi connectivity index (χ1) is 10.2. The van der Waals surface area contributed by atoms with E-state index in [4.69, 9.17) is 9.47 Å². The quantitative estimate of drug-likeness (QED) is 0.605. The van der Waals surface area contributed by atoms with Gasteiger partial charge in [-0.25, -0.2) is 0 Å². The van der Waals surface area contributed by atoms with E-state index in [1.54, 1.807) is 0 Å². The summed E-state index contributed by atoms with van der Waals surface area (Å²) >= 11 is 0. The molecule has 4 nitrogen and oxygen atoms in total. The number of allylic oxidation sites excluding steroid dienone is 1. The molecular formula is C18H30O4. The third kappa shape index (κ3) is 3.61. The Kier molecular flexibility index (Phi) is 5.15. The van der Waals surface area contributed by atoms with Crippen LogP contribution in [0.15, 0.2) is 11.6 Å². The normalized spacial score (nSPS) is 32.8. The maximum absolute atomic E-state index is 10.6. The van der Waals surface area contributed by atoms with Gasteiger partial charge in [0.15, 0.2) is 6.29 Å². The van der Waals surface area contributed by atoms with E-state index in [0.717, 1.165) is 19.1 Å². The number of hydrogen-bond donors (Lipinski definition) is 1. The lowest BCUT2D eigenvalue weighted by Gasteiger charge is -2.38. The van der Waals surface area contributed by atoms with Gasteiger partial charge in [0.25, 0.3) is 0 Å². The van der Waals surface area contributed by atoms with Gasteiger partial charge in [-0.15, -0.1) is 0 Å². The van der Waals surface area contributed by atoms with Gasteiger partial charge in [-0.05, 0) is 31.6 Å². The molecule has 0 aromatic carbocycles. The fourth-order valence-corrected chi connectivity index (χ4v) is 3.66. The van der Waals surface area contributed by atoms with E-state index >= 15 is 0 Å². The van der Waals surface area contributed by atoms with Crippen LogP contribution in [0.3, 0.4) is 0 Å². The van der Waals surface area contributed by atoms with Crippen molar-refractivity contribution in [2.45, 2.75) is 71.9 Å². The van der Waals surface area contributed by atoms with Gasteiger partial charge in [-0.3, -0.25) is 0 Å². The van der Waals surface area contributed by atoms with Crippen LogP contribution in [0.25, 0.3) is 0 Å². The Morgan fingerprint density at radius 3 is 2.77 bits per heavy atom. The van der Waals surface area contributed by atoms with Gasteiger partial charge in [0, 0.05) is 18.8 Å². The van der Waals surface area contributed by atoms with Crippen LogP contribution < -0.4 is 0 Å². The predicted octanol–water partition coefficient (Wildman–Crippen LogP) is 3.09. The summed E-state index contributed by atoms with van der Waals surface area (Å²) in [6.07, 6.45) is 5.11. The molecule has 1 saturated heterocycles. The van der Waals surface area contributed by atoms with Crippen LogP contribution in [0, 0.1) is 17.3 Å². The number of rotatable bonds is 6. The van der Waals surface area contributed by atoms with Gasteiger partial charge < -0.3 is 19.4 Å². The van der Waals surface area contributed by atoms with Gasteiger partial charge in [-0.1, -0.05) is 32.4 Å². The molecular weight excluding hydrogens is 280 g/mol. The first-order valence-electron chi connectivity index (χ1n) is 8.29. The molecule has 4 atom stereocenters. The predicted molar refractivity (Wildman–Crippen MR) is 85.3 cm³/mol. The van der Waals surface area contributed by atoms with Crippen LogP contribution >= 0.6 is 0 Å². The Hall–Kier alpha value is -0.710. The lowest BCUT2D eigenvalue weighted by molar-refractivity contribution is -0.111. The van der Waals surface area contributed by atoms with Crippen molar-refractivity contribution in [1.82, 2.24) is 0 Å². The highest BCUT2D eigenvalue weighted by Crippen LogP contribution is 2.50. The first kappa shape index (κ1) is 17.6. The van der Waals surface area contributed by atoms with Crippen molar-refractivity contribution in [2.24, 2.45) is 17.3 Å². The van der Waals surface area contributed by atoms with Crippen LogP contribution in [-0.4, -0.2) is 36.0 Å². The molecule has 0 aromatic rings. The molecule has 22 heavy (non-hydrogen) atoms. The lowest BCUT2D eigenvalue weighted by Crippen LogP contribution is -2.36. The van der Waals surface area contributed by atoms with Crippen molar-refractivity contribution < 1.29 is 19.4 Å². The molecule has 1 aliphatic heterocycles. The summed E-state index contributed by atoms with van der Waals surface area (Å²) in [7, 11) is 0. The monoisotopic (exact) mass is 310 g/mol. The Labute approximate surface area is 133 Å². The van der Waals surface area contributed by atoms with Gasteiger partial charge in [0.05, 0.1) is 18.3 Å². The molecule has 0 radical (unpaired) electrons. The minimum atomic E-state index is -0.715. The second kappa shape index (κ2) is 6.42. The van der Waals surface area contributed by atoms with Crippen molar-refractivity contribution in [3.05, 3.63) is 11.6 Å². The topological polar surface area (TPSA) is 55.8 Å². The molecule has 0 saturated carbocycles. The molecule has 2 aliphatic rings. The number of ether oxygens (including phenoxy) is 2. The van der Waals surface area contributed by atoms with Crippen molar-refractivity contribution in [3.63, 3.8) is 0 Å². The third-order valence-corrected chi connectivity index (χ3v) is 5.56. The average molecular weight is 310 g/mol. The van der Waals surface area contributed by atoms with E-state index in [0.29, 0.717) is 18.9 Å². The van der Waals surface area contributed by atoms with E-state index in [1.807, 2.05) is 13.8 Å². The first-order valence-corrected chi connectivity index (χ1v) is 8.29. The molecule has 1 fully saturated rings. The molecule has 0 spiro atoms. The number of hydrogen-bond acceptors (Lipinski definition) is 4. The summed E-state index contributed by atoms with van der Waals surface area (Å²) in [5.74, 6) is 0.563. The zero-order valence-corrected chi connectivity index (χ0v) is 14.5. The van der Waals surface area contributed by atoms with Crippen molar-refractivity contribution in [3.8, 4) is 0 Å². The summed E-state index contributed by atoms with van der Waals surface area (Å²) in [5, 5.41) is 10.3. The second-order valence-electron chi connectivity index (χ2n) is 7.85. The molecule has 1 heterocycles. The minimum Gasteiger partial charge on any atom is -0.390 e. The van der Waals surface area contributed by atoms with E-state index in [-0.39, 0.29) is 23.7 Å². The number of carbonyl (C=O) groups is 1. The Morgan fingerprint density at radius 2 is 2.18 bits per heavy atom. The van der Waals surface area contributed by atoms with Crippen LogP contribution in [0.4, 0.5) is 0 Å². The fraction of sp³-hybridized carbons (Fsp3) is 0.833. The van der Waals surface area contributed by atoms with Crippen molar-refractivity contribution in [1.29, 1.82) is 0 Å². The summed E-state index contributed by atoms with van der Waals surface area (Å²) in [6, 6.07) is 0. The highest BCUT2D eigenvalue weighted by atomic mass is 16.7. The smallest absolute Gasteiger partial charge is 0.158 e. The van der Waals surface area contributed by atoms with Gasteiger partial charge in [0.1, 0.15) is 6.29 Å². The maximum atomic E-state index is 10.6. The van der Waals surface area contributed by atoms with Crippen LogP contribution in [0.5, 0.6) is 0 Å². The largest absolute Gasteiger partial charge is 0.390 e. The zero-order valence-electron chi connectivity index (χ0n) is 14.5. The van der Waals surface area contributed by atoms with E-state index in [1.165, 1.54) is 5.57 Å². The number of aliphatic hydroxyl groups is 1. The Morgan fingerprint density at radius 1 is 1.50 bits per heavy atom. The number of carbonyl (C=O) groups excluding carboxylic acids is 1. The summed E-state index contributed by atoms with van der Waals surface area (Å²) in [4.78, 5) is 10.6. The van der Waals surface area contributed by atoms with Gasteiger partial charge in [0.2, 0.25) is 0 Å². The lowest BCUT2D eigenvalue weighted by atomic mass is 9.69. The molecule has 4 unspecified atom stereocenters. The maximum Gasteiger partial charge on any atom is 0.158 e. The van der Waals surface area contributed by atoms with Gasteiger partial charge >= 0.3 is 0 Å². The SMILES string of the molecule is CC(C1=CCC(CC2OCC(CC=O)O2)C1(C)C)C(C)(C)O. The molecule has 1 aliphatic carbocycles.